The normalized spacial score (nSPS) is 10.5. The molecule has 2 aromatic rings. The lowest BCUT2D eigenvalue weighted by Gasteiger charge is -2.09. The predicted octanol–water partition coefficient (Wildman–Crippen LogP) is 3.03. The number of hydrogen-bond acceptors (Lipinski definition) is 6. The fraction of sp³-hybridized carbons (Fsp3) is 0.353. The third-order valence-corrected chi connectivity index (χ3v) is 3.54. The second-order valence-corrected chi connectivity index (χ2v) is 5.37. The third-order valence-electron chi connectivity index (χ3n) is 3.54. The number of rotatable bonds is 7. The fourth-order valence-electron chi connectivity index (χ4n) is 2.26. The van der Waals surface area contributed by atoms with Gasteiger partial charge in [-0.2, -0.15) is 10.2 Å². The molecular formula is C17H20FN5O. The van der Waals surface area contributed by atoms with Crippen LogP contribution < -0.4 is 11.5 Å². The topological polar surface area (TPSA) is 111 Å². The summed E-state index contributed by atoms with van der Waals surface area (Å²) in [6.45, 7) is 2.92. The van der Waals surface area contributed by atoms with Crippen LogP contribution >= 0.6 is 0 Å². The van der Waals surface area contributed by atoms with Crippen molar-refractivity contribution in [1.29, 1.82) is 5.26 Å². The molecule has 0 saturated heterocycles. The average Bonchev–Trinajstić information content (AvgIpc) is 2.55. The van der Waals surface area contributed by atoms with Crippen molar-refractivity contribution in [2.24, 2.45) is 0 Å². The van der Waals surface area contributed by atoms with Crippen LogP contribution in [0, 0.1) is 17.1 Å². The van der Waals surface area contributed by atoms with E-state index in [0.717, 1.165) is 19.3 Å². The van der Waals surface area contributed by atoms with Crippen LogP contribution in [0.3, 0.4) is 0 Å². The highest BCUT2D eigenvalue weighted by atomic mass is 19.1. The van der Waals surface area contributed by atoms with Crippen molar-refractivity contribution in [2.45, 2.75) is 32.8 Å². The van der Waals surface area contributed by atoms with E-state index in [1.165, 1.54) is 6.07 Å². The van der Waals surface area contributed by atoms with Gasteiger partial charge in [0.15, 0.2) is 0 Å². The number of nitriles is 1. The number of ether oxygens (including phenoxy) is 1. The number of nitrogen functional groups attached to an aromatic ring is 2. The summed E-state index contributed by atoms with van der Waals surface area (Å²) in [5.74, 6) is -0.517. The second-order valence-electron chi connectivity index (χ2n) is 5.37. The lowest BCUT2D eigenvalue weighted by molar-refractivity contribution is 0.115. The first-order chi connectivity index (χ1) is 11.6. The molecule has 7 heteroatoms. The van der Waals surface area contributed by atoms with E-state index in [-0.39, 0.29) is 29.6 Å². The molecule has 1 aromatic carbocycles. The van der Waals surface area contributed by atoms with E-state index in [1.807, 2.05) is 6.07 Å². The van der Waals surface area contributed by atoms with Crippen LogP contribution in [0.1, 0.15) is 37.3 Å². The van der Waals surface area contributed by atoms with Crippen LogP contribution in [-0.4, -0.2) is 16.6 Å². The van der Waals surface area contributed by atoms with Gasteiger partial charge in [-0.25, -0.2) is 9.37 Å². The standard InChI is InChI=1S/C17H20FN5O/c1-2-3-4-7-24-10-12-6-5-11(8-14(12)18)15-13(9-19)16(20)23-17(21)22-15/h5-6,8H,2-4,7,10H2,1H3,(H4,20,21,22,23). The molecule has 0 aliphatic heterocycles. The molecule has 0 unspecified atom stereocenters. The van der Waals surface area contributed by atoms with Gasteiger partial charge in [-0.1, -0.05) is 31.9 Å². The number of nitrogens with two attached hydrogens (primary N) is 2. The Labute approximate surface area is 140 Å². The minimum atomic E-state index is -0.428. The van der Waals surface area contributed by atoms with Crippen LogP contribution in [0.4, 0.5) is 16.2 Å². The summed E-state index contributed by atoms with van der Waals surface area (Å²) >= 11 is 0. The van der Waals surface area contributed by atoms with E-state index in [9.17, 15) is 9.65 Å². The lowest BCUT2D eigenvalue weighted by atomic mass is 10.0. The minimum absolute atomic E-state index is 0.0243. The summed E-state index contributed by atoms with van der Waals surface area (Å²) in [5.41, 5.74) is 12.4. The molecule has 2 rings (SSSR count). The largest absolute Gasteiger partial charge is 0.382 e. The molecule has 1 aromatic heterocycles. The Bertz CT molecular complexity index is 757. The molecule has 24 heavy (non-hydrogen) atoms. The van der Waals surface area contributed by atoms with Crippen LogP contribution in [0.25, 0.3) is 11.3 Å². The maximum atomic E-state index is 14.3. The molecular weight excluding hydrogens is 309 g/mol. The first-order valence-corrected chi connectivity index (χ1v) is 7.76. The van der Waals surface area contributed by atoms with Crippen LogP contribution in [0.2, 0.25) is 0 Å². The average molecular weight is 329 g/mol. The Kier molecular flexibility index (Phi) is 6.04. The first kappa shape index (κ1) is 17.6. The third kappa shape index (κ3) is 4.18. The molecule has 0 bridgehead atoms. The monoisotopic (exact) mass is 329 g/mol. The van der Waals surface area contributed by atoms with Crippen molar-refractivity contribution in [3.63, 3.8) is 0 Å². The van der Waals surface area contributed by atoms with Crippen molar-refractivity contribution in [2.75, 3.05) is 18.1 Å². The van der Waals surface area contributed by atoms with Gasteiger partial charge in [0.1, 0.15) is 23.3 Å². The Hall–Kier alpha value is -2.72. The van der Waals surface area contributed by atoms with E-state index in [4.69, 9.17) is 16.2 Å². The summed E-state index contributed by atoms with van der Waals surface area (Å²) in [6.07, 6.45) is 3.16. The zero-order chi connectivity index (χ0) is 17.5. The molecule has 126 valence electrons. The molecule has 0 spiro atoms. The summed E-state index contributed by atoms with van der Waals surface area (Å²) in [5, 5.41) is 9.20. The van der Waals surface area contributed by atoms with Gasteiger partial charge < -0.3 is 16.2 Å². The van der Waals surface area contributed by atoms with Crippen LogP contribution in [-0.2, 0) is 11.3 Å². The second kappa shape index (κ2) is 8.22. The zero-order valence-electron chi connectivity index (χ0n) is 13.6. The van der Waals surface area contributed by atoms with E-state index in [2.05, 4.69) is 16.9 Å². The number of anilines is 2. The highest BCUT2D eigenvalue weighted by molar-refractivity contribution is 5.73. The smallest absolute Gasteiger partial charge is 0.222 e. The van der Waals surface area contributed by atoms with Gasteiger partial charge in [0.2, 0.25) is 5.95 Å². The van der Waals surface area contributed by atoms with E-state index < -0.39 is 5.82 Å². The molecule has 0 fully saturated rings. The molecule has 6 nitrogen and oxygen atoms in total. The van der Waals surface area contributed by atoms with Gasteiger partial charge in [0.25, 0.3) is 0 Å². The number of halogens is 1. The van der Waals surface area contributed by atoms with E-state index in [1.54, 1.807) is 12.1 Å². The fourth-order valence-corrected chi connectivity index (χ4v) is 2.26. The SMILES string of the molecule is CCCCCOCc1ccc(-c2nc(N)nc(N)c2C#N)cc1F. The lowest BCUT2D eigenvalue weighted by Crippen LogP contribution is -2.05. The van der Waals surface area contributed by atoms with Gasteiger partial charge >= 0.3 is 0 Å². The quantitative estimate of drug-likeness (QED) is 0.755. The molecule has 0 aliphatic rings. The van der Waals surface area contributed by atoms with Gasteiger partial charge in [0, 0.05) is 17.7 Å². The minimum Gasteiger partial charge on any atom is -0.382 e. The highest BCUT2D eigenvalue weighted by Gasteiger charge is 2.15. The number of unbranched alkanes of at least 4 members (excludes halogenated alkanes) is 2. The number of benzene rings is 1. The summed E-state index contributed by atoms with van der Waals surface area (Å²) in [6, 6.07) is 6.50. The molecule has 0 amide bonds. The summed E-state index contributed by atoms with van der Waals surface area (Å²) < 4.78 is 19.8. The Morgan fingerprint density at radius 1 is 1.25 bits per heavy atom. The number of hydrogen-bond donors (Lipinski definition) is 2. The van der Waals surface area contributed by atoms with Gasteiger partial charge in [0.05, 0.1) is 12.3 Å². The van der Waals surface area contributed by atoms with Gasteiger partial charge in [-0.05, 0) is 12.5 Å². The van der Waals surface area contributed by atoms with Crippen molar-refractivity contribution < 1.29 is 9.13 Å². The van der Waals surface area contributed by atoms with Crippen molar-refractivity contribution in [1.82, 2.24) is 9.97 Å². The Morgan fingerprint density at radius 2 is 2.04 bits per heavy atom. The summed E-state index contributed by atoms with van der Waals surface area (Å²) in [7, 11) is 0. The molecule has 0 atom stereocenters. The predicted molar refractivity (Wildman–Crippen MR) is 90.1 cm³/mol. The highest BCUT2D eigenvalue weighted by Crippen LogP contribution is 2.27. The molecule has 0 saturated carbocycles. The van der Waals surface area contributed by atoms with Crippen molar-refractivity contribution in [3.8, 4) is 17.3 Å². The van der Waals surface area contributed by atoms with Gasteiger partial charge in [-0.15, -0.1) is 0 Å². The number of aromatic nitrogens is 2. The summed E-state index contributed by atoms with van der Waals surface area (Å²) in [4.78, 5) is 7.75. The van der Waals surface area contributed by atoms with Gasteiger partial charge in [-0.3, -0.25) is 0 Å². The van der Waals surface area contributed by atoms with E-state index >= 15 is 0 Å². The molecule has 0 aliphatic carbocycles. The van der Waals surface area contributed by atoms with Crippen molar-refractivity contribution >= 4 is 11.8 Å². The van der Waals surface area contributed by atoms with Crippen LogP contribution in [0.5, 0.6) is 0 Å². The Balaban J connectivity index is 2.20. The van der Waals surface area contributed by atoms with E-state index in [0.29, 0.717) is 17.7 Å². The zero-order valence-corrected chi connectivity index (χ0v) is 13.6. The maximum absolute atomic E-state index is 14.3. The first-order valence-electron chi connectivity index (χ1n) is 7.76. The maximum Gasteiger partial charge on any atom is 0.222 e. The number of nitrogens with zero attached hydrogens (tertiary/aromatic N) is 3. The molecule has 0 radical (unpaired) electrons. The Morgan fingerprint density at radius 3 is 2.71 bits per heavy atom. The molecule has 4 N–H and O–H groups in total. The van der Waals surface area contributed by atoms with Crippen LogP contribution in [0.15, 0.2) is 18.2 Å². The molecule has 1 heterocycles. The van der Waals surface area contributed by atoms with Crippen molar-refractivity contribution in [3.05, 3.63) is 35.1 Å².